The summed E-state index contributed by atoms with van der Waals surface area (Å²) in [5.41, 5.74) is 2.18. The molecule has 0 fully saturated rings. The van der Waals surface area contributed by atoms with Crippen molar-refractivity contribution < 1.29 is 9.53 Å². The Morgan fingerprint density at radius 2 is 2.10 bits per heavy atom. The normalized spacial score (nSPS) is 10.5. The topological polar surface area (TPSA) is 55.0 Å². The largest absolute Gasteiger partial charge is 0.494 e. The molecule has 1 aromatic heterocycles. The highest BCUT2D eigenvalue weighted by atomic mass is 16.5. The lowest BCUT2D eigenvalue weighted by Gasteiger charge is -2.07. The second kappa shape index (κ2) is 8.25. The first kappa shape index (κ1) is 15.3. The van der Waals surface area contributed by atoms with Crippen LogP contribution in [-0.2, 0) is 17.6 Å². The molecular formula is C17H22N2O2. The van der Waals surface area contributed by atoms with E-state index in [1.165, 1.54) is 0 Å². The van der Waals surface area contributed by atoms with E-state index in [9.17, 15) is 4.79 Å². The summed E-state index contributed by atoms with van der Waals surface area (Å²) in [6, 6.07) is 7.81. The predicted octanol–water partition coefficient (Wildman–Crippen LogP) is 3.33. The molecule has 4 heteroatoms. The molecule has 0 aliphatic carbocycles. The third-order valence-corrected chi connectivity index (χ3v) is 3.27. The quantitative estimate of drug-likeness (QED) is 0.719. The number of carbonyl (C=O) groups excluding carboxylic acids is 1. The van der Waals surface area contributed by atoms with Crippen molar-refractivity contribution in [3.05, 3.63) is 48.0 Å². The highest BCUT2D eigenvalue weighted by Gasteiger charge is 2.03. The van der Waals surface area contributed by atoms with E-state index in [1.807, 2.05) is 37.4 Å². The second-order valence-electron chi connectivity index (χ2n) is 5.14. The van der Waals surface area contributed by atoms with Crippen LogP contribution in [0.15, 0.2) is 36.8 Å². The Labute approximate surface area is 125 Å². The van der Waals surface area contributed by atoms with Gasteiger partial charge in [-0.15, -0.1) is 0 Å². The zero-order valence-corrected chi connectivity index (χ0v) is 12.5. The van der Waals surface area contributed by atoms with Crippen LogP contribution in [0.2, 0.25) is 0 Å². The number of ether oxygens (including phenoxy) is 1. The molecule has 0 radical (unpaired) electrons. The van der Waals surface area contributed by atoms with Crippen molar-refractivity contribution in [3.8, 4) is 5.75 Å². The molecule has 0 aliphatic rings. The molecule has 0 atom stereocenters. The Bertz CT molecular complexity index is 532. The first-order chi connectivity index (χ1) is 10.3. The van der Waals surface area contributed by atoms with Crippen molar-refractivity contribution in [2.24, 2.45) is 0 Å². The molecule has 0 saturated carbocycles. The van der Waals surface area contributed by atoms with Gasteiger partial charge in [0.15, 0.2) is 0 Å². The van der Waals surface area contributed by atoms with Crippen molar-refractivity contribution in [3.63, 3.8) is 0 Å². The van der Waals surface area contributed by atoms with Gasteiger partial charge in [0.1, 0.15) is 11.5 Å². The van der Waals surface area contributed by atoms with E-state index in [0.29, 0.717) is 25.2 Å². The van der Waals surface area contributed by atoms with Gasteiger partial charge in [0.25, 0.3) is 0 Å². The molecule has 1 N–H and O–H groups in total. The van der Waals surface area contributed by atoms with Crippen LogP contribution >= 0.6 is 0 Å². The van der Waals surface area contributed by atoms with Crippen molar-refractivity contribution >= 4 is 5.78 Å². The van der Waals surface area contributed by atoms with Gasteiger partial charge in [-0.1, -0.05) is 19.1 Å². The molecular weight excluding hydrogens is 264 g/mol. The van der Waals surface area contributed by atoms with Crippen molar-refractivity contribution in [2.45, 2.75) is 39.0 Å². The number of aromatic nitrogens is 2. The van der Waals surface area contributed by atoms with Gasteiger partial charge in [0, 0.05) is 24.7 Å². The minimum absolute atomic E-state index is 0.297. The highest BCUT2D eigenvalue weighted by Crippen LogP contribution is 2.14. The molecule has 0 spiro atoms. The number of Topliss-reactive ketones (excluding diaryl/α,β-unsaturated/α-hetero) is 1. The molecule has 0 amide bonds. The van der Waals surface area contributed by atoms with E-state index in [-0.39, 0.29) is 0 Å². The minimum Gasteiger partial charge on any atom is -0.494 e. The van der Waals surface area contributed by atoms with Crippen LogP contribution in [0.1, 0.15) is 37.4 Å². The van der Waals surface area contributed by atoms with Crippen LogP contribution in [-0.4, -0.2) is 22.4 Å². The zero-order chi connectivity index (χ0) is 14.9. The van der Waals surface area contributed by atoms with Gasteiger partial charge in [-0.25, -0.2) is 4.98 Å². The number of ketones is 1. The fourth-order valence-corrected chi connectivity index (χ4v) is 2.17. The Morgan fingerprint density at radius 1 is 1.29 bits per heavy atom. The Balaban J connectivity index is 1.70. The number of aromatic amines is 1. The van der Waals surface area contributed by atoms with Gasteiger partial charge in [-0.05, 0) is 37.0 Å². The van der Waals surface area contributed by atoms with E-state index in [1.54, 1.807) is 6.33 Å². The molecule has 0 bridgehead atoms. The number of rotatable bonds is 9. The van der Waals surface area contributed by atoms with Crippen LogP contribution in [0.5, 0.6) is 5.75 Å². The number of H-pyrrole nitrogens is 1. The summed E-state index contributed by atoms with van der Waals surface area (Å²) < 4.78 is 5.69. The number of carbonyl (C=O) groups is 1. The van der Waals surface area contributed by atoms with Crippen molar-refractivity contribution in [2.75, 3.05) is 6.61 Å². The molecule has 0 aliphatic heterocycles. The molecule has 1 aromatic carbocycles. The summed E-state index contributed by atoms with van der Waals surface area (Å²) in [5.74, 6) is 1.15. The van der Waals surface area contributed by atoms with E-state index >= 15 is 0 Å². The van der Waals surface area contributed by atoms with E-state index in [2.05, 4.69) is 9.97 Å². The number of nitrogens with zero attached hydrogens (tertiary/aromatic N) is 1. The van der Waals surface area contributed by atoms with Crippen molar-refractivity contribution in [1.29, 1.82) is 0 Å². The van der Waals surface area contributed by atoms with Crippen LogP contribution in [0, 0.1) is 0 Å². The van der Waals surface area contributed by atoms with Gasteiger partial charge >= 0.3 is 0 Å². The first-order valence-electron chi connectivity index (χ1n) is 7.48. The van der Waals surface area contributed by atoms with E-state index < -0.39 is 0 Å². The number of hydrogen-bond acceptors (Lipinski definition) is 3. The number of aryl methyl sites for hydroxylation is 1. The van der Waals surface area contributed by atoms with E-state index in [4.69, 9.17) is 4.74 Å². The Morgan fingerprint density at radius 3 is 2.76 bits per heavy atom. The van der Waals surface area contributed by atoms with E-state index in [0.717, 1.165) is 36.3 Å². The van der Waals surface area contributed by atoms with Crippen LogP contribution in [0.25, 0.3) is 0 Å². The lowest BCUT2D eigenvalue weighted by atomic mass is 10.1. The highest BCUT2D eigenvalue weighted by molar-refractivity contribution is 5.80. The standard InChI is InChI=1S/C17H22N2O2/c1-2-4-16(20)11-14-6-8-17(9-7-14)21-10-3-5-15-12-18-13-19-15/h6-9,12-13H,2-5,10-11H2,1H3,(H,18,19). The van der Waals surface area contributed by atoms with Crippen molar-refractivity contribution in [1.82, 2.24) is 9.97 Å². The maximum Gasteiger partial charge on any atom is 0.137 e. The fourth-order valence-electron chi connectivity index (χ4n) is 2.17. The average Bonchev–Trinajstić information content (AvgIpc) is 2.99. The molecule has 0 unspecified atom stereocenters. The Kier molecular flexibility index (Phi) is 6.00. The number of benzene rings is 1. The summed E-state index contributed by atoms with van der Waals surface area (Å²) in [5, 5.41) is 0. The third kappa shape index (κ3) is 5.42. The van der Waals surface area contributed by atoms with Gasteiger partial charge in [-0.2, -0.15) is 0 Å². The summed E-state index contributed by atoms with van der Waals surface area (Å²) in [6.07, 6.45) is 7.50. The average molecular weight is 286 g/mol. The minimum atomic E-state index is 0.297. The summed E-state index contributed by atoms with van der Waals surface area (Å²) >= 11 is 0. The maximum absolute atomic E-state index is 11.6. The smallest absolute Gasteiger partial charge is 0.137 e. The monoisotopic (exact) mass is 286 g/mol. The molecule has 0 saturated heterocycles. The van der Waals surface area contributed by atoms with Crippen LogP contribution in [0.3, 0.4) is 0 Å². The summed E-state index contributed by atoms with van der Waals surface area (Å²) in [6.45, 7) is 2.70. The number of imidazole rings is 1. The third-order valence-electron chi connectivity index (χ3n) is 3.27. The molecule has 4 nitrogen and oxygen atoms in total. The molecule has 2 aromatic rings. The molecule has 2 rings (SSSR count). The fraction of sp³-hybridized carbons (Fsp3) is 0.412. The SMILES string of the molecule is CCCC(=O)Cc1ccc(OCCCc2cnc[nH]2)cc1. The first-order valence-corrected chi connectivity index (χ1v) is 7.48. The number of hydrogen-bond donors (Lipinski definition) is 1. The predicted molar refractivity (Wildman–Crippen MR) is 82.5 cm³/mol. The van der Waals surface area contributed by atoms with Gasteiger partial charge < -0.3 is 9.72 Å². The second-order valence-corrected chi connectivity index (χ2v) is 5.14. The van der Waals surface area contributed by atoms with Gasteiger partial charge in [0.05, 0.1) is 12.9 Å². The molecule has 112 valence electrons. The van der Waals surface area contributed by atoms with Gasteiger partial charge in [0.2, 0.25) is 0 Å². The molecule has 1 heterocycles. The maximum atomic E-state index is 11.6. The zero-order valence-electron chi connectivity index (χ0n) is 12.5. The molecule has 21 heavy (non-hydrogen) atoms. The number of nitrogens with one attached hydrogen (secondary N) is 1. The summed E-state index contributed by atoms with van der Waals surface area (Å²) in [7, 11) is 0. The van der Waals surface area contributed by atoms with Gasteiger partial charge in [-0.3, -0.25) is 4.79 Å². The van der Waals surface area contributed by atoms with Crippen LogP contribution in [0.4, 0.5) is 0 Å². The summed E-state index contributed by atoms with van der Waals surface area (Å²) in [4.78, 5) is 18.6. The Hall–Kier alpha value is -2.10. The lowest BCUT2D eigenvalue weighted by Crippen LogP contribution is -2.02. The lowest BCUT2D eigenvalue weighted by molar-refractivity contribution is -0.118. The van der Waals surface area contributed by atoms with Crippen LogP contribution < -0.4 is 4.74 Å².